The van der Waals surface area contributed by atoms with Gasteiger partial charge in [0.25, 0.3) is 0 Å². The lowest BCUT2D eigenvalue weighted by Gasteiger charge is -2.32. The summed E-state index contributed by atoms with van der Waals surface area (Å²) in [5, 5.41) is 3.97. The van der Waals surface area contributed by atoms with E-state index in [1.807, 2.05) is 75.4 Å². The molecule has 0 spiro atoms. The SMILES string of the molecule is Cc1ccc(CC(=O)N(Cc2ccc(Cl)cc2Cl)[C@H](Cc2ccccc2)C(=O)NC(C)C)cc1. The molecule has 0 aromatic heterocycles. The topological polar surface area (TPSA) is 49.4 Å². The summed E-state index contributed by atoms with van der Waals surface area (Å²) in [5.74, 6) is -0.337. The summed E-state index contributed by atoms with van der Waals surface area (Å²) in [6, 6.07) is 22.0. The van der Waals surface area contributed by atoms with Gasteiger partial charge in [0, 0.05) is 29.1 Å². The van der Waals surface area contributed by atoms with E-state index in [1.165, 1.54) is 0 Å². The van der Waals surface area contributed by atoms with Crippen molar-refractivity contribution in [1.82, 2.24) is 10.2 Å². The van der Waals surface area contributed by atoms with Crippen molar-refractivity contribution in [3.8, 4) is 0 Å². The quantitative estimate of drug-likeness (QED) is 0.394. The van der Waals surface area contributed by atoms with E-state index in [-0.39, 0.29) is 30.8 Å². The van der Waals surface area contributed by atoms with Crippen LogP contribution in [-0.2, 0) is 29.0 Å². The molecule has 0 radical (unpaired) electrons. The van der Waals surface area contributed by atoms with E-state index < -0.39 is 6.04 Å². The van der Waals surface area contributed by atoms with Crippen molar-refractivity contribution in [2.75, 3.05) is 0 Å². The van der Waals surface area contributed by atoms with Crippen LogP contribution in [0.3, 0.4) is 0 Å². The number of nitrogens with zero attached hydrogens (tertiary/aromatic N) is 1. The third-order valence-electron chi connectivity index (χ3n) is 5.53. The van der Waals surface area contributed by atoms with E-state index in [4.69, 9.17) is 23.2 Å². The van der Waals surface area contributed by atoms with E-state index >= 15 is 0 Å². The summed E-state index contributed by atoms with van der Waals surface area (Å²) in [4.78, 5) is 28.7. The molecule has 6 heteroatoms. The van der Waals surface area contributed by atoms with Crippen LogP contribution in [0.5, 0.6) is 0 Å². The summed E-state index contributed by atoms with van der Waals surface area (Å²) < 4.78 is 0. The minimum Gasteiger partial charge on any atom is -0.352 e. The lowest BCUT2D eigenvalue weighted by atomic mass is 10.0. The van der Waals surface area contributed by atoms with Gasteiger partial charge in [0.05, 0.1) is 6.42 Å². The van der Waals surface area contributed by atoms with Crippen LogP contribution in [0.4, 0.5) is 0 Å². The predicted molar refractivity (Wildman–Crippen MR) is 139 cm³/mol. The Balaban J connectivity index is 1.99. The zero-order chi connectivity index (χ0) is 24.7. The molecular weight excluding hydrogens is 467 g/mol. The van der Waals surface area contributed by atoms with Crippen LogP contribution in [0.15, 0.2) is 72.8 Å². The fourth-order valence-electron chi connectivity index (χ4n) is 3.75. The molecular formula is C28H30Cl2N2O2. The van der Waals surface area contributed by atoms with Crippen LogP contribution >= 0.6 is 23.2 Å². The third-order valence-corrected chi connectivity index (χ3v) is 6.12. The van der Waals surface area contributed by atoms with Crippen molar-refractivity contribution in [2.24, 2.45) is 0 Å². The van der Waals surface area contributed by atoms with Gasteiger partial charge < -0.3 is 10.2 Å². The number of amides is 2. The highest BCUT2D eigenvalue weighted by molar-refractivity contribution is 6.35. The largest absolute Gasteiger partial charge is 0.352 e. The Hall–Kier alpha value is -2.82. The summed E-state index contributed by atoms with van der Waals surface area (Å²) in [6.45, 7) is 6.02. The van der Waals surface area contributed by atoms with Gasteiger partial charge in [-0.25, -0.2) is 0 Å². The zero-order valence-corrected chi connectivity index (χ0v) is 21.2. The first kappa shape index (κ1) is 25.8. The normalized spacial score (nSPS) is 11.8. The van der Waals surface area contributed by atoms with Gasteiger partial charge in [0.1, 0.15) is 6.04 Å². The van der Waals surface area contributed by atoms with Crippen molar-refractivity contribution < 1.29 is 9.59 Å². The summed E-state index contributed by atoms with van der Waals surface area (Å²) in [5.41, 5.74) is 3.73. The van der Waals surface area contributed by atoms with Gasteiger partial charge in [-0.2, -0.15) is 0 Å². The van der Waals surface area contributed by atoms with Crippen LogP contribution in [-0.4, -0.2) is 28.8 Å². The first-order chi connectivity index (χ1) is 16.2. The maximum absolute atomic E-state index is 13.7. The Kier molecular flexibility index (Phi) is 9.14. The van der Waals surface area contributed by atoms with E-state index in [2.05, 4.69) is 5.32 Å². The van der Waals surface area contributed by atoms with Crippen molar-refractivity contribution in [1.29, 1.82) is 0 Å². The predicted octanol–water partition coefficient (Wildman–Crippen LogP) is 6.01. The van der Waals surface area contributed by atoms with E-state index in [0.29, 0.717) is 16.5 Å². The number of hydrogen-bond acceptors (Lipinski definition) is 2. The Morgan fingerprint density at radius 3 is 2.21 bits per heavy atom. The van der Waals surface area contributed by atoms with Crippen LogP contribution < -0.4 is 5.32 Å². The molecule has 1 N–H and O–H groups in total. The number of carbonyl (C=O) groups is 2. The molecule has 0 bridgehead atoms. The minimum atomic E-state index is -0.700. The fourth-order valence-corrected chi connectivity index (χ4v) is 4.22. The molecule has 0 aliphatic rings. The minimum absolute atomic E-state index is 0.0565. The molecule has 0 saturated heterocycles. The van der Waals surface area contributed by atoms with Crippen LogP contribution in [0.2, 0.25) is 10.0 Å². The Labute approximate surface area is 211 Å². The van der Waals surface area contributed by atoms with Gasteiger partial charge >= 0.3 is 0 Å². The average Bonchev–Trinajstić information content (AvgIpc) is 2.79. The highest BCUT2D eigenvalue weighted by Crippen LogP contribution is 2.24. The number of carbonyl (C=O) groups excluding carboxylic acids is 2. The molecule has 4 nitrogen and oxygen atoms in total. The summed E-state index contributed by atoms with van der Waals surface area (Å²) in [6.07, 6.45) is 0.579. The second kappa shape index (κ2) is 12.0. The molecule has 0 aliphatic carbocycles. The Bertz CT molecular complexity index is 1120. The number of rotatable bonds is 9. The molecule has 0 heterocycles. The second-order valence-electron chi connectivity index (χ2n) is 8.79. The lowest BCUT2D eigenvalue weighted by molar-refractivity contribution is -0.141. The molecule has 0 fully saturated rings. The molecule has 0 saturated carbocycles. The summed E-state index contributed by atoms with van der Waals surface area (Å²) >= 11 is 12.5. The van der Waals surface area contributed by atoms with Gasteiger partial charge in [-0.3, -0.25) is 9.59 Å². The van der Waals surface area contributed by atoms with Crippen LogP contribution in [0.1, 0.15) is 36.1 Å². The van der Waals surface area contributed by atoms with Gasteiger partial charge in [-0.1, -0.05) is 89.4 Å². The maximum atomic E-state index is 13.7. The molecule has 2 amide bonds. The van der Waals surface area contributed by atoms with E-state index in [9.17, 15) is 9.59 Å². The van der Waals surface area contributed by atoms with Gasteiger partial charge in [-0.15, -0.1) is 0 Å². The van der Waals surface area contributed by atoms with Crippen LogP contribution in [0, 0.1) is 6.92 Å². The Morgan fingerprint density at radius 1 is 0.912 bits per heavy atom. The first-order valence-electron chi connectivity index (χ1n) is 11.4. The Morgan fingerprint density at radius 2 is 1.59 bits per heavy atom. The average molecular weight is 497 g/mol. The van der Waals surface area contributed by atoms with E-state index in [0.717, 1.165) is 22.3 Å². The molecule has 0 unspecified atom stereocenters. The number of hydrogen-bond donors (Lipinski definition) is 1. The number of benzene rings is 3. The maximum Gasteiger partial charge on any atom is 0.243 e. The number of aryl methyl sites for hydroxylation is 1. The lowest BCUT2D eigenvalue weighted by Crippen LogP contribution is -2.52. The van der Waals surface area contributed by atoms with Crippen molar-refractivity contribution in [3.63, 3.8) is 0 Å². The molecule has 0 aliphatic heterocycles. The molecule has 34 heavy (non-hydrogen) atoms. The van der Waals surface area contributed by atoms with Crippen LogP contribution in [0.25, 0.3) is 0 Å². The van der Waals surface area contributed by atoms with Crippen molar-refractivity contribution in [2.45, 2.75) is 52.2 Å². The van der Waals surface area contributed by atoms with Crippen molar-refractivity contribution in [3.05, 3.63) is 105 Å². The third kappa shape index (κ3) is 7.34. The molecule has 3 rings (SSSR count). The standard InChI is InChI=1S/C28H30Cl2N2O2/c1-19(2)31-28(34)26(15-21-7-5-4-6-8-21)32(18-23-13-14-24(29)17-25(23)30)27(33)16-22-11-9-20(3)10-12-22/h4-14,17,19,26H,15-16,18H2,1-3H3,(H,31,34)/t26-/m1/s1. The van der Waals surface area contributed by atoms with Gasteiger partial charge in [-0.05, 0) is 49.6 Å². The molecule has 178 valence electrons. The highest BCUT2D eigenvalue weighted by atomic mass is 35.5. The number of halogens is 2. The van der Waals surface area contributed by atoms with Gasteiger partial charge in [0.2, 0.25) is 11.8 Å². The van der Waals surface area contributed by atoms with Gasteiger partial charge in [0.15, 0.2) is 0 Å². The highest BCUT2D eigenvalue weighted by Gasteiger charge is 2.31. The van der Waals surface area contributed by atoms with E-state index in [1.54, 1.807) is 23.1 Å². The first-order valence-corrected chi connectivity index (χ1v) is 12.1. The second-order valence-corrected chi connectivity index (χ2v) is 9.63. The number of nitrogens with one attached hydrogen (secondary N) is 1. The monoisotopic (exact) mass is 496 g/mol. The molecule has 3 aromatic carbocycles. The molecule has 3 aromatic rings. The zero-order valence-electron chi connectivity index (χ0n) is 19.7. The van der Waals surface area contributed by atoms with Crippen molar-refractivity contribution >= 4 is 35.0 Å². The fraction of sp³-hybridized carbons (Fsp3) is 0.286. The summed E-state index contributed by atoms with van der Waals surface area (Å²) in [7, 11) is 0. The smallest absolute Gasteiger partial charge is 0.243 e. The molecule has 1 atom stereocenters.